The summed E-state index contributed by atoms with van der Waals surface area (Å²) in [6.45, 7) is 3.77. The van der Waals surface area contributed by atoms with E-state index in [1.807, 2.05) is 0 Å². The van der Waals surface area contributed by atoms with Crippen molar-refractivity contribution in [1.29, 1.82) is 0 Å². The second-order valence-electron chi connectivity index (χ2n) is 6.20. The lowest BCUT2D eigenvalue weighted by Crippen LogP contribution is -2.38. The van der Waals surface area contributed by atoms with Gasteiger partial charge in [0, 0.05) is 17.7 Å². The molecule has 2 aromatic rings. The first-order chi connectivity index (χ1) is 12.8. The van der Waals surface area contributed by atoms with E-state index in [0.717, 1.165) is 5.56 Å². The fourth-order valence-electron chi connectivity index (χ4n) is 2.78. The van der Waals surface area contributed by atoms with Crippen molar-refractivity contribution in [3.8, 4) is 5.75 Å². The molecular formula is C18H19N3O6. The Hall–Kier alpha value is -3.36. The van der Waals surface area contributed by atoms with Crippen LogP contribution in [0.3, 0.4) is 0 Å². The highest BCUT2D eigenvalue weighted by molar-refractivity contribution is 5.99. The molecule has 3 rings (SSSR count). The van der Waals surface area contributed by atoms with Crippen LogP contribution in [0.2, 0.25) is 0 Å². The molecule has 0 bridgehead atoms. The summed E-state index contributed by atoms with van der Waals surface area (Å²) in [5.41, 5.74) is 2.48. The Bertz CT molecular complexity index is 885. The number of rotatable bonds is 6. The molecule has 9 nitrogen and oxygen atoms in total. The quantitative estimate of drug-likeness (QED) is 0.794. The summed E-state index contributed by atoms with van der Waals surface area (Å²) in [5, 5.41) is 15.2. The molecule has 0 unspecified atom stereocenters. The largest absolute Gasteiger partial charge is 0.482 e. The zero-order valence-electron chi connectivity index (χ0n) is 14.9. The van der Waals surface area contributed by atoms with Gasteiger partial charge in [-0.1, -0.05) is 5.16 Å². The van der Waals surface area contributed by atoms with Gasteiger partial charge in [0.15, 0.2) is 6.61 Å². The average Bonchev–Trinajstić information content (AvgIpc) is 2.94. The number of fused-ring (bicyclic) bond motifs is 1. The standard InChI is InChI=1S/C18H19N3O6/c1-10-13(11(2)27-20-10)8-21-14-7-12(19-16(22)5-6-18(24)25)3-4-15(14)26-9-17(21)23/h3-4,7H,5-6,8-9H2,1-2H3,(H,19,22)(H,24,25). The molecule has 0 saturated carbocycles. The molecule has 27 heavy (non-hydrogen) atoms. The van der Waals surface area contributed by atoms with Crippen LogP contribution in [0.5, 0.6) is 5.75 Å². The predicted octanol–water partition coefficient (Wildman–Crippen LogP) is 2.02. The Morgan fingerprint density at radius 3 is 2.74 bits per heavy atom. The Morgan fingerprint density at radius 2 is 2.07 bits per heavy atom. The van der Waals surface area contributed by atoms with Crippen LogP contribution in [0.4, 0.5) is 11.4 Å². The summed E-state index contributed by atoms with van der Waals surface area (Å²) in [6, 6.07) is 4.93. The van der Waals surface area contributed by atoms with Gasteiger partial charge in [-0.3, -0.25) is 14.4 Å². The number of benzene rings is 1. The van der Waals surface area contributed by atoms with Crippen molar-refractivity contribution in [3.63, 3.8) is 0 Å². The van der Waals surface area contributed by atoms with Crippen LogP contribution in [-0.2, 0) is 20.9 Å². The molecule has 0 spiro atoms. The molecule has 0 saturated heterocycles. The second-order valence-corrected chi connectivity index (χ2v) is 6.20. The highest BCUT2D eigenvalue weighted by Gasteiger charge is 2.28. The topological polar surface area (TPSA) is 122 Å². The summed E-state index contributed by atoms with van der Waals surface area (Å²) in [7, 11) is 0. The first kappa shape index (κ1) is 18.4. The van der Waals surface area contributed by atoms with E-state index in [4.69, 9.17) is 14.4 Å². The molecule has 2 heterocycles. The van der Waals surface area contributed by atoms with Crippen molar-refractivity contribution < 1.29 is 28.8 Å². The smallest absolute Gasteiger partial charge is 0.303 e. The van der Waals surface area contributed by atoms with Gasteiger partial charge in [-0.25, -0.2) is 0 Å². The Kier molecular flexibility index (Phi) is 5.11. The summed E-state index contributed by atoms with van der Waals surface area (Å²) >= 11 is 0. The van der Waals surface area contributed by atoms with Gasteiger partial charge < -0.3 is 24.6 Å². The number of amides is 2. The van der Waals surface area contributed by atoms with E-state index in [0.29, 0.717) is 28.6 Å². The summed E-state index contributed by atoms with van der Waals surface area (Å²) in [5.74, 6) is -0.536. The Morgan fingerprint density at radius 1 is 1.30 bits per heavy atom. The Labute approximate surface area is 154 Å². The molecule has 1 aromatic heterocycles. The van der Waals surface area contributed by atoms with Crippen LogP contribution in [0.15, 0.2) is 22.7 Å². The molecule has 0 atom stereocenters. The molecule has 2 amide bonds. The highest BCUT2D eigenvalue weighted by atomic mass is 16.5. The number of hydrogen-bond donors (Lipinski definition) is 2. The van der Waals surface area contributed by atoms with Gasteiger partial charge in [0.05, 0.1) is 24.3 Å². The van der Waals surface area contributed by atoms with E-state index < -0.39 is 11.9 Å². The number of carbonyl (C=O) groups is 3. The van der Waals surface area contributed by atoms with Crippen LogP contribution < -0.4 is 15.0 Å². The second kappa shape index (κ2) is 7.48. The van der Waals surface area contributed by atoms with E-state index in [1.165, 1.54) is 0 Å². The number of hydrogen-bond acceptors (Lipinski definition) is 6. The number of carboxylic acids is 1. The lowest BCUT2D eigenvalue weighted by Gasteiger charge is -2.29. The Balaban J connectivity index is 1.83. The number of anilines is 2. The van der Waals surface area contributed by atoms with Gasteiger partial charge in [-0.15, -0.1) is 0 Å². The maximum Gasteiger partial charge on any atom is 0.303 e. The monoisotopic (exact) mass is 373 g/mol. The van der Waals surface area contributed by atoms with Crippen molar-refractivity contribution >= 4 is 29.2 Å². The van der Waals surface area contributed by atoms with Gasteiger partial charge in [-0.05, 0) is 32.0 Å². The molecule has 9 heteroatoms. The SMILES string of the molecule is Cc1noc(C)c1CN1C(=O)COc2ccc(NC(=O)CCC(=O)O)cc21. The maximum absolute atomic E-state index is 12.4. The molecule has 142 valence electrons. The van der Waals surface area contributed by atoms with Gasteiger partial charge >= 0.3 is 5.97 Å². The fraction of sp³-hybridized carbons (Fsp3) is 0.333. The van der Waals surface area contributed by atoms with Gasteiger partial charge in [0.2, 0.25) is 5.91 Å². The number of aliphatic carboxylic acids is 1. The maximum atomic E-state index is 12.4. The van der Waals surface area contributed by atoms with Crippen molar-refractivity contribution in [1.82, 2.24) is 5.16 Å². The number of nitrogens with zero attached hydrogens (tertiary/aromatic N) is 2. The number of carboxylic acid groups (broad SMARTS) is 1. The number of ether oxygens (including phenoxy) is 1. The summed E-state index contributed by atoms with van der Waals surface area (Å²) in [4.78, 5) is 36.4. The third-order valence-electron chi connectivity index (χ3n) is 4.25. The molecule has 1 aliphatic heterocycles. The highest BCUT2D eigenvalue weighted by Crippen LogP contribution is 2.36. The summed E-state index contributed by atoms with van der Waals surface area (Å²) in [6.07, 6.45) is -0.388. The number of aryl methyl sites for hydroxylation is 2. The van der Waals surface area contributed by atoms with Crippen molar-refractivity contribution in [2.24, 2.45) is 0 Å². The van der Waals surface area contributed by atoms with Gasteiger partial charge in [0.1, 0.15) is 11.5 Å². The molecule has 1 aromatic carbocycles. The zero-order valence-corrected chi connectivity index (χ0v) is 14.9. The molecule has 1 aliphatic rings. The van der Waals surface area contributed by atoms with Gasteiger partial charge in [-0.2, -0.15) is 0 Å². The van der Waals surface area contributed by atoms with E-state index in [-0.39, 0.29) is 31.9 Å². The predicted molar refractivity (Wildman–Crippen MR) is 94.6 cm³/mol. The minimum atomic E-state index is -1.04. The van der Waals surface area contributed by atoms with Crippen LogP contribution in [0.1, 0.15) is 29.9 Å². The molecule has 2 N–H and O–H groups in total. The number of aromatic nitrogens is 1. The minimum Gasteiger partial charge on any atom is -0.482 e. The normalized spacial score (nSPS) is 13.1. The molecular weight excluding hydrogens is 354 g/mol. The number of carbonyl (C=O) groups excluding carboxylic acids is 2. The van der Waals surface area contributed by atoms with Crippen LogP contribution in [0, 0.1) is 13.8 Å². The zero-order chi connectivity index (χ0) is 19.6. The number of nitrogens with one attached hydrogen (secondary N) is 1. The van der Waals surface area contributed by atoms with Crippen molar-refractivity contribution in [3.05, 3.63) is 35.2 Å². The molecule has 0 fully saturated rings. The van der Waals surface area contributed by atoms with Crippen molar-refractivity contribution in [2.45, 2.75) is 33.2 Å². The molecule has 0 radical (unpaired) electrons. The van der Waals surface area contributed by atoms with E-state index >= 15 is 0 Å². The minimum absolute atomic E-state index is 0.0826. The van der Waals surface area contributed by atoms with Crippen LogP contribution in [-0.4, -0.2) is 34.7 Å². The van der Waals surface area contributed by atoms with Crippen LogP contribution >= 0.6 is 0 Å². The lowest BCUT2D eigenvalue weighted by atomic mass is 10.1. The first-order valence-electron chi connectivity index (χ1n) is 8.35. The lowest BCUT2D eigenvalue weighted by molar-refractivity contribution is -0.138. The fourth-order valence-corrected chi connectivity index (χ4v) is 2.78. The van der Waals surface area contributed by atoms with E-state index in [9.17, 15) is 14.4 Å². The van der Waals surface area contributed by atoms with E-state index in [1.54, 1.807) is 36.9 Å². The van der Waals surface area contributed by atoms with E-state index in [2.05, 4.69) is 10.5 Å². The molecule has 0 aliphatic carbocycles. The summed E-state index contributed by atoms with van der Waals surface area (Å²) < 4.78 is 10.6. The van der Waals surface area contributed by atoms with Crippen molar-refractivity contribution in [2.75, 3.05) is 16.8 Å². The third-order valence-corrected chi connectivity index (χ3v) is 4.25. The first-order valence-corrected chi connectivity index (χ1v) is 8.35. The third kappa shape index (κ3) is 4.08. The van der Waals surface area contributed by atoms with Gasteiger partial charge in [0.25, 0.3) is 5.91 Å². The average molecular weight is 373 g/mol. The van der Waals surface area contributed by atoms with Crippen LogP contribution in [0.25, 0.3) is 0 Å².